The highest BCUT2D eigenvalue weighted by Crippen LogP contribution is 2.19. The molecule has 1 amide bonds. The third-order valence-electron chi connectivity index (χ3n) is 3.32. The van der Waals surface area contributed by atoms with Gasteiger partial charge in [-0.1, -0.05) is 23.7 Å². The molecule has 2 rings (SSSR count). The number of nitrogens with one attached hydrogen (secondary N) is 2. The molecule has 2 unspecified atom stereocenters. The molecule has 0 bridgehead atoms. The van der Waals surface area contributed by atoms with E-state index in [0.717, 1.165) is 11.1 Å². The summed E-state index contributed by atoms with van der Waals surface area (Å²) in [5, 5.41) is 10.7. The zero-order valence-electron chi connectivity index (χ0n) is 12.7. The van der Waals surface area contributed by atoms with Crippen molar-refractivity contribution < 1.29 is 4.79 Å². The fraction of sp³-hybridized carbons (Fsp3) is 0.333. The predicted molar refractivity (Wildman–Crippen MR) is 90.3 cm³/mol. The Labute approximate surface area is 141 Å². The van der Waals surface area contributed by atoms with E-state index < -0.39 is 6.04 Å². The van der Waals surface area contributed by atoms with E-state index >= 15 is 0 Å². The Bertz CT molecular complexity index is 630. The molecule has 7 heteroatoms. The molecular formula is C15H20Cl2N4O. The zero-order chi connectivity index (χ0) is 15.4. The lowest BCUT2D eigenvalue weighted by Gasteiger charge is -2.19. The van der Waals surface area contributed by atoms with E-state index in [-0.39, 0.29) is 24.4 Å². The minimum atomic E-state index is -0.430. The summed E-state index contributed by atoms with van der Waals surface area (Å²) >= 11 is 5.98. The maximum absolute atomic E-state index is 12.4. The van der Waals surface area contributed by atoms with Gasteiger partial charge in [0.1, 0.15) is 6.04 Å². The topological polar surface area (TPSA) is 59.0 Å². The molecule has 5 nitrogen and oxygen atoms in total. The number of halogens is 2. The van der Waals surface area contributed by atoms with Gasteiger partial charge < -0.3 is 10.6 Å². The summed E-state index contributed by atoms with van der Waals surface area (Å²) in [4.78, 5) is 12.4. The minimum Gasteiger partial charge on any atom is -0.348 e. The van der Waals surface area contributed by atoms with Crippen LogP contribution in [-0.4, -0.2) is 22.7 Å². The molecule has 1 heterocycles. The molecule has 22 heavy (non-hydrogen) atoms. The quantitative estimate of drug-likeness (QED) is 0.878. The van der Waals surface area contributed by atoms with Gasteiger partial charge in [-0.3, -0.25) is 9.48 Å². The summed E-state index contributed by atoms with van der Waals surface area (Å²) in [6, 6.07) is 6.92. The molecule has 0 radical (unpaired) electrons. The van der Waals surface area contributed by atoms with Crippen molar-refractivity contribution in [1.82, 2.24) is 20.4 Å². The fourth-order valence-electron chi connectivity index (χ4n) is 2.19. The summed E-state index contributed by atoms with van der Waals surface area (Å²) in [5.74, 6) is -0.0991. The van der Waals surface area contributed by atoms with Crippen LogP contribution in [0.15, 0.2) is 36.7 Å². The molecule has 0 aliphatic carbocycles. The molecule has 1 aromatic heterocycles. The van der Waals surface area contributed by atoms with Gasteiger partial charge in [0.05, 0.1) is 12.2 Å². The number of amides is 1. The Morgan fingerprint density at radius 3 is 2.64 bits per heavy atom. The second-order valence-electron chi connectivity index (χ2n) is 4.95. The van der Waals surface area contributed by atoms with Crippen LogP contribution >= 0.6 is 24.0 Å². The third kappa shape index (κ3) is 4.47. The Hall–Kier alpha value is -1.56. The van der Waals surface area contributed by atoms with Crippen LogP contribution in [0.5, 0.6) is 0 Å². The van der Waals surface area contributed by atoms with E-state index in [9.17, 15) is 4.79 Å². The van der Waals surface area contributed by atoms with Gasteiger partial charge in [-0.15, -0.1) is 12.4 Å². The zero-order valence-corrected chi connectivity index (χ0v) is 14.3. The van der Waals surface area contributed by atoms with E-state index in [1.54, 1.807) is 17.9 Å². The van der Waals surface area contributed by atoms with Gasteiger partial charge in [0.25, 0.3) is 0 Å². The molecular weight excluding hydrogens is 323 g/mol. The van der Waals surface area contributed by atoms with Crippen molar-refractivity contribution in [1.29, 1.82) is 0 Å². The van der Waals surface area contributed by atoms with Crippen molar-refractivity contribution in [3.63, 3.8) is 0 Å². The van der Waals surface area contributed by atoms with Crippen LogP contribution in [0.1, 0.15) is 30.1 Å². The number of hydrogen-bond acceptors (Lipinski definition) is 3. The van der Waals surface area contributed by atoms with E-state index in [0.29, 0.717) is 5.02 Å². The van der Waals surface area contributed by atoms with Gasteiger partial charge in [0.15, 0.2) is 0 Å². The molecule has 0 saturated heterocycles. The first kappa shape index (κ1) is 18.5. The van der Waals surface area contributed by atoms with Crippen molar-refractivity contribution in [2.45, 2.75) is 19.0 Å². The number of likely N-dealkylation sites (N-methyl/N-ethyl adjacent to an activating group) is 1. The molecule has 1 aromatic carbocycles. The maximum Gasteiger partial charge on any atom is 0.242 e. The lowest BCUT2D eigenvalue weighted by atomic mass is 10.1. The van der Waals surface area contributed by atoms with Crippen molar-refractivity contribution in [3.05, 3.63) is 52.8 Å². The average molecular weight is 343 g/mol. The van der Waals surface area contributed by atoms with Gasteiger partial charge in [0.2, 0.25) is 5.91 Å². The van der Waals surface area contributed by atoms with Crippen LogP contribution in [0.3, 0.4) is 0 Å². The summed E-state index contributed by atoms with van der Waals surface area (Å²) in [7, 11) is 3.57. The molecule has 0 aliphatic rings. The highest BCUT2D eigenvalue weighted by molar-refractivity contribution is 6.30. The van der Waals surface area contributed by atoms with E-state index in [4.69, 9.17) is 11.6 Å². The largest absolute Gasteiger partial charge is 0.348 e. The predicted octanol–water partition coefficient (Wildman–Crippen LogP) is 2.63. The van der Waals surface area contributed by atoms with Crippen molar-refractivity contribution in [2.75, 3.05) is 7.05 Å². The Morgan fingerprint density at radius 2 is 2.09 bits per heavy atom. The van der Waals surface area contributed by atoms with Crippen molar-refractivity contribution >= 4 is 29.9 Å². The fourth-order valence-corrected chi connectivity index (χ4v) is 2.39. The molecule has 2 aromatic rings. The van der Waals surface area contributed by atoms with Gasteiger partial charge in [0, 0.05) is 23.8 Å². The SMILES string of the molecule is CNC(C(=O)NC(C)c1cccc(Cl)c1)c1cnn(C)c1.Cl. The molecule has 0 aliphatic heterocycles. The number of carbonyl (C=O) groups is 1. The Kier molecular flexibility index (Phi) is 6.87. The molecule has 2 N–H and O–H groups in total. The van der Waals surface area contributed by atoms with Crippen LogP contribution in [0.25, 0.3) is 0 Å². The second-order valence-corrected chi connectivity index (χ2v) is 5.39. The lowest BCUT2D eigenvalue weighted by molar-refractivity contribution is -0.123. The Morgan fingerprint density at radius 1 is 1.36 bits per heavy atom. The molecule has 120 valence electrons. The maximum atomic E-state index is 12.4. The first-order chi connectivity index (χ1) is 10.0. The van der Waals surface area contributed by atoms with Gasteiger partial charge >= 0.3 is 0 Å². The first-order valence-corrected chi connectivity index (χ1v) is 7.10. The smallest absolute Gasteiger partial charge is 0.242 e. The number of aromatic nitrogens is 2. The third-order valence-corrected chi connectivity index (χ3v) is 3.55. The summed E-state index contributed by atoms with van der Waals surface area (Å²) in [6.45, 7) is 1.93. The molecule has 0 spiro atoms. The highest BCUT2D eigenvalue weighted by atomic mass is 35.5. The van der Waals surface area contributed by atoms with Crippen molar-refractivity contribution in [3.8, 4) is 0 Å². The number of carbonyl (C=O) groups excluding carboxylic acids is 1. The van der Waals surface area contributed by atoms with Gasteiger partial charge in [-0.25, -0.2) is 0 Å². The summed E-state index contributed by atoms with van der Waals surface area (Å²) < 4.78 is 1.67. The summed E-state index contributed by atoms with van der Waals surface area (Å²) in [5.41, 5.74) is 1.80. The van der Waals surface area contributed by atoms with Crippen LogP contribution in [0.2, 0.25) is 5.02 Å². The van der Waals surface area contributed by atoms with Gasteiger partial charge in [-0.2, -0.15) is 5.10 Å². The number of hydrogen-bond donors (Lipinski definition) is 2. The van der Waals surface area contributed by atoms with Crippen LogP contribution in [-0.2, 0) is 11.8 Å². The first-order valence-electron chi connectivity index (χ1n) is 6.73. The minimum absolute atomic E-state index is 0. The Balaban J connectivity index is 0.00000242. The average Bonchev–Trinajstić information content (AvgIpc) is 2.86. The normalized spacial score (nSPS) is 13.1. The van der Waals surface area contributed by atoms with Crippen LogP contribution in [0, 0.1) is 0 Å². The summed E-state index contributed by atoms with van der Waals surface area (Å²) in [6.07, 6.45) is 3.51. The van der Waals surface area contributed by atoms with E-state index in [2.05, 4.69) is 15.7 Å². The second kappa shape index (κ2) is 8.17. The van der Waals surface area contributed by atoms with Crippen LogP contribution < -0.4 is 10.6 Å². The van der Waals surface area contributed by atoms with Gasteiger partial charge in [-0.05, 0) is 31.7 Å². The molecule has 0 fully saturated rings. The number of aryl methyl sites for hydroxylation is 1. The molecule has 2 atom stereocenters. The van der Waals surface area contributed by atoms with Crippen LogP contribution in [0.4, 0.5) is 0 Å². The standard InChI is InChI=1S/C15H19ClN4O.ClH/c1-10(11-5-4-6-13(16)7-11)19-15(21)14(17-2)12-8-18-20(3)9-12;/h4-10,14,17H,1-3H3,(H,19,21);1H. The van der Waals surface area contributed by atoms with E-state index in [1.165, 1.54) is 0 Å². The number of rotatable bonds is 5. The van der Waals surface area contributed by atoms with Crippen molar-refractivity contribution in [2.24, 2.45) is 7.05 Å². The number of benzene rings is 1. The number of nitrogens with zero attached hydrogens (tertiary/aromatic N) is 2. The molecule has 0 saturated carbocycles. The lowest BCUT2D eigenvalue weighted by Crippen LogP contribution is -2.37. The highest BCUT2D eigenvalue weighted by Gasteiger charge is 2.21. The monoisotopic (exact) mass is 342 g/mol. The van der Waals surface area contributed by atoms with E-state index in [1.807, 2.05) is 44.4 Å².